The lowest BCUT2D eigenvalue weighted by atomic mass is 9.59. The second kappa shape index (κ2) is 11.0. The van der Waals surface area contributed by atoms with Crippen molar-refractivity contribution in [2.45, 2.75) is 101 Å². The van der Waals surface area contributed by atoms with Crippen LogP contribution in [0.15, 0.2) is 28.8 Å². The van der Waals surface area contributed by atoms with E-state index < -0.39 is 0 Å². The van der Waals surface area contributed by atoms with Gasteiger partial charge in [-0.3, -0.25) is 0 Å². The quantitative estimate of drug-likeness (QED) is 0.299. The third-order valence-electron chi connectivity index (χ3n) is 8.51. The van der Waals surface area contributed by atoms with Gasteiger partial charge in [0.25, 0.3) is 0 Å². The first-order valence-corrected chi connectivity index (χ1v) is 14.7. The van der Waals surface area contributed by atoms with Gasteiger partial charge in [-0.1, -0.05) is 69.2 Å². The Balaban J connectivity index is 1.72. The van der Waals surface area contributed by atoms with Crippen molar-refractivity contribution in [3.8, 4) is 11.8 Å². The lowest BCUT2D eigenvalue weighted by molar-refractivity contribution is -0.354. The van der Waals surface area contributed by atoms with Gasteiger partial charge in [-0.05, 0) is 72.1 Å². The number of hydrogen-bond donors (Lipinski definition) is 1. The normalized spacial score (nSPS) is 24.6. The van der Waals surface area contributed by atoms with Crippen molar-refractivity contribution in [3.05, 3.63) is 41.0 Å². The largest absolute Gasteiger partial charge is 0.508 e. The molecule has 0 saturated heterocycles. The van der Waals surface area contributed by atoms with E-state index >= 15 is 0 Å². The van der Waals surface area contributed by atoms with Crippen molar-refractivity contribution in [1.29, 1.82) is 5.26 Å². The number of aryl methyl sites for hydroxylation is 1. The molecular weight excluding hydrogens is 514 g/mol. The van der Waals surface area contributed by atoms with Crippen LogP contribution >= 0.6 is 0 Å². The highest BCUT2D eigenvalue weighted by atomic mass is 17.2. The van der Waals surface area contributed by atoms with E-state index in [0.29, 0.717) is 52.1 Å². The van der Waals surface area contributed by atoms with Gasteiger partial charge >= 0.3 is 0 Å². The van der Waals surface area contributed by atoms with Crippen molar-refractivity contribution in [3.63, 3.8) is 0 Å². The Hall–Kier alpha value is -3.02. The van der Waals surface area contributed by atoms with E-state index in [9.17, 15) is 10.4 Å². The number of hydrogen-bond acceptors (Lipinski definition) is 7. The molecule has 1 fully saturated rings. The molecule has 0 radical (unpaired) electrons. The van der Waals surface area contributed by atoms with Crippen molar-refractivity contribution >= 4 is 17.1 Å². The van der Waals surface area contributed by atoms with Crippen LogP contribution in [0, 0.1) is 46.8 Å². The van der Waals surface area contributed by atoms with Gasteiger partial charge < -0.3 is 5.11 Å². The van der Waals surface area contributed by atoms with Crippen LogP contribution in [0.2, 0.25) is 0 Å². The fourth-order valence-electron chi connectivity index (χ4n) is 6.07. The number of nitriles is 1. The number of benzene rings is 1. The average Bonchev–Trinajstić information content (AvgIpc) is 3.38. The number of phenols is 1. The van der Waals surface area contributed by atoms with Gasteiger partial charge in [-0.15, -0.1) is 5.10 Å². The Bertz CT molecular complexity index is 1370. The molecule has 1 aromatic carbocycles. The Morgan fingerprint density at radius 2 is 1.66 bits per heavy atom. The number of rotatable bonds is 5. The number of aromatic nitrogens is 3. The molecule has 1 aliphatic heterocycles. The summed E-state index contributed by atoms with van der Waals surface area (Å²) in [6.07, 6.45) is 2.08. The fraction of sp³-hybridized carbons (Fsp3) is 0.636. The summed E-state index contributed by atoms with van der Waals surface area (Å²) in [7, 11) is 0. The number of aromatic hydroxyl groups is 1. The minimum Gasteiger partial charge on any atom is -0.508 e. The minimum atomic E-state index is -0.306. The first-order valence-electron chi connectivity index (χ1n) is 14.7. The smallest absolute Gasteiger partial charge is 0.176 e. The van der Waals surface area contributed by atoms with Gasteiger partial charge in [0.1, 0.15) is 24.0 Å². The van der Waals surface area contributed by atoms with Crippen LogP contribution in [0.5, 0.6) is 5.75 Å². The van der Waals surface area contributed by atoms with Gasteiger partial charge in [0.05, 0.1) is 11.8 Å². The van der Waals surface area contributed by atoms with Crippen LogP contribution in [0.4, 0.5) is 5.69 Å². The Labute approximate surface area is 245 Å². The van der Waals surface area contributed by atoms with E-state index in [1.807, 2.05) is 27.7 Å². The maximum Gasteiger partial charge on any atom is 0.176 e. The molecule has 222 valence electrons. The van der Waals surface area contributed by atoms with E-state index in [1.54, 1.807) is 22.9 Å². The molecule has 2 unspecified atom stereocenters. The monoisotopic (exact) mass is 561 g/mol. The highest BCUT2D eigenvalue weighted by Crippen LogP contribution is 2.49. The predicted molar refractivity (Wildman–Crippen MR) is 162 cm³/mol. The van der Waals surface area contributed by atoms with Crippen molar-refractivity contribution in [2.75, 3.05) is 6.61 Å². The molecular formula is C33H47N5O3. The van der Waals surface area contributed by atoms with Crippen LogP contribution in [0.1, 0.15) is 99.3 Å². The molecule has 8 nitrogen and oxygen atoms in total. The molecule has 0 spiro atoms. The van der Waals surface area contributed by atoms with Crippen molar-refractivity contribution < 1.29 is 14.9 Å². The SMILES string of the molecule is Cc1cc(O)ccc1N=C1C(COOC2C(C(C)(C)C)CC(C)CC2C(C)(C)C)=C(C#N)c2nc(C(C)(C)C)nn21. The molecule has 41 heavy (non-hydrogen) atoms. The molecule has 4 rings (SSSR count). The molecule has 2 aromatic rings. The first-order chi connectivity index (χ1) is 18.9. The topological polar surface area (TPSA) is 106 Å². The minimum absolute atomic E-state index is 0.0362. The van der Waals surface area contributed by atoms with Gasteiger partial charge in [0.15, 0.2) is 17.5 Å². The second-order valence-electron chi connectivity index (χ2n) is 15.1. The maximum absolute atomic E-state index is 10.3. The summed E-state index contributed by atoms with van der Waals surface area (Å²) in [5.74, 6) is 2.99. The molecule has 0 amide bonds. The highest BCUT2D eigenvalue weighted by Gasteiger charge is 2.47. The third-order valence-corrected chi connectivity index (χ3v) is 8.51. The first kappa shape index (κ1) is 30.9. The van der Waals surface area contributed by atoms with Crippen molar-refractivity contribution in [2.24, 2.45) is 33.6 Å². The lowest BCUT2D eigenvalue weighted by Crippen LogP contribution is -2.48. The summed E-state index contributed by atoms with van der Waals surface area (Å²) in [5, 5.41) is 25.0. The Morgan fingerprint density at radius 1 is 1.05 bits per heavy atom. The number of aliphatic imine (C=N–C) groups is 1. The lowest BCUT2D eigenvalue weighted by Gasteiger charge is -2.49. The van der Waals surface area contributed by atoms with Crippen LogP contribution in [-0.2, 0) is 15.2 Å². The van der Waals surface area contributed by atoms with Crippen LogP contribution in [0.3, 0.4) is 0 Å². The Kier molecular flexibility index (Phi) is 8.30. The maximum atomic E-state index is 10.3. The molecule has 1 aliphatic carbocycles. The molecule has 2 heterocycles. The average molecular weight is 562 g/mol. The van der Waals surface area contributed by atoms with E-state index in [-0.39, 0.29) is 34.7 Å². The van der Waals surface area contributed by atoms with Gasteiger partial charge in [0.2, 0.25) is 0 Å². The zero-order valence-corrected chi connectivity index (χ0v) is 26.7. The van der Waals surface area contributed by atoms with Crippen molar-refractivity contribution in [1.82, 2.24) is 14.8 Å². The highest BCUT2D eigenvalue weighted by molar-refractivity contribution is 6.14. The van der Waals surface area contributed by atoms with Crippen LogP contribution < -0.4 is 0 Å². The summed E-state index contributed by atoms with van der Waals surface area (Å²) in [4.78, 5) is 22.1. The van der Waals surface area contributed by atoms with Crippen LogP contribution in [0.25, 0.3) is 5.57 Å². The predicted octanol–water partition coefficient (Wildman–Crippen LogP) is 7.53. The van der Waals surface area contributed by atoms with Gasteiger partial charge in [0, 0.05) is 11.0 Å². The van der Waals surface area contributed by atoms with E-state index in [1.165, 1.54) is 0 Å². The van der Waals surface area contributed by atoms with E-state index in [0.717, 1.165) is 18.4 Å². The van der Waals surface area contributed by atoms with Crippen LogP contribution in [-0.4, -0.2) is 38.4 Å². The molecule has 0 bridgehead atoms. The summed E-state index contributed by atoms with van der Waals surface area (Å²) in [6.45, 7) is 24.0. The van der Waals surface area contributed by atoms with E-state index in [2.05, 4.69) is 54.5 Å². The fourth-order valence-corrected chi connectivity index (χ4v) is 6.07. The summed E-state index contributed by atoms with van der Waals surface area (Å²) < 4.78 is 1.64. The third kappa shape index (κ3) is 6.42. The zero-order chi connectivity index (χ0) is 30.5. The number of fused-ring (bicyclic) bond motifs is 1. The van der Waals surface area contributed by atoms with Gasteiger partial charge in [-0.2, -0.15) is 9.94 Å². The summed E-state index contributed by atoms with van der Waals surface area (Å²) in [6, 6.07) is 7.35. The number of nitrogens with zero attached hydrogens (tertiary/aromatic N) is 5. The number of phenolic OH excluding ortho intramolecular Hbond substituents is 1. The molecule has 1 N–H and O–H groups in total. The second-order valence-corrected chi connectivity index (χ2v) is 15.1. The molecule has 8 heteroatoms. The Morgan fingerprint density at radius 3 is 2.17 bits per heavy atom. The standard InChI is InChI=1S/C33H47N5O3/c1-19-14-24(31(3,4)5)27(25(15-19)32(6,7)8)41-40-18-23-22(17-34)28-36-30(33(9,10)11)37-38(28)29(23)35-26-13-12-21(39)16-20(26)2/h12-13,16,19,24-25,27,39H,14-15,18H2,1-11H3. The molecule has 1 saturated carbocycles. The number of allylic oxidation sites excluding steroid dienone is 1. The molecule has 2 atom stereocenters. The summed E-state index contributed by atoms with van der Waals surface area (Å²) in [5.41, 5.74) is 2.22. The zero-order valence-electron chi connectivity index (χ0n) is 26.7. The van der Waals surface area contributed by atoms with E-state index in [4.69, 9.17) is 24.9 Å². The molecule has 1 aromatic heterocycles. The summed E-state index contributed by atoms with van der Waals surface area (Å²) >= 11 is 0. The van der Waals surface area contributed by atoms with Gasteiger partial charge in [-0.25, -0.2) is 19.8 Å². The molecule has 2 aliphatic rings.